The smallest absolute Gasteiger partial charge is 0.310 e. The Morgan fingerprint density at radius 3 is 2.50 bits per heavy atom. The Morgan fingerprint density at radius 2 is 2.38 bits per heavy atom. The summed E-state index contributed by atoms with van der Waals surface area (Å²) in [7, 11) is 2.06. The van der Waals surface area contributed by atoms with E-state index in [-0.39, 0.29) is 6.42 Å². The Bertz CT molecular complexity index is 101. The summed E-state index contributed by atoms with van der Waals surface area (Å²) in [6.07, 6.45) is 0.659. The first-order valence-corrected chi connectivity index (χ1v) is 2.77. The van der Waals surface area contributed by atoms with Crippen LogP contribution in [0, 0.1) is 0 Å². The number of hydrogen-bond donors (Lipinski definition) is 1. The van der Waals surface area contributed by atoms with Crippen LogP contribution in [0.4, 0.5) is 0 Å². The van der Waals surface area contributed by atoms with Gasteiger partial charge in [-0.1, -0.05) is 0 Å². The topological polar surface area (TPSA) is 54.4 Å². The van der Waals surface area contributed by atoms with Crippen LogP contribution in [0.1, 0.15) is 6.42 Å². The Balaban J connectivity index is 3.46. The Kier molecular flexibility index (Phi) is 3.37. The van der Waals surface area contributed by atoms with Crippen LogP contribution >= 0.6 is 9.24 Å². The number of aldehydes is 1. The first-order valence-electron chi connectivity index (χ1n) is 2.10. The molecular weight excluding hydrogens is 127 g/mol. The van der Waals surface area contributed by atoms with E-state index < -0.39 is 11.6 Å². The highest BCUT2D eigenvalue weighted by atomic mass is 31.0. The van der Waals surface area contributed by atoms with Crippen molar-refractivity contribution in [2.75, 3.05) is 0 Å². The molecule has 0 spiro atoms. The molecule has 0 bridgehead atoms. The summed E-state index contributed by atoms with van der Waals surface area (Å²) in [5.74, 6) is -0.956. The van der Waals surface area contributed by atoms with Crippen molar-refractivity contribution in [3.05, 3.63) is 0 Å². The van der Waals surface area contributed by atoms with Gasteiger partial charge in [-0.05, 0) is 0 Å². The maximum absolute atomic E-state index is 9.91. The van der Waals surface area contributed by atoms with Crippen molar-refractivity contribution in [2.24, 2.45) is 0 Å². The maximum atomic E-state index is 9.91. The van der Waals surface area contributed by atoms with Gasteiger partial charge in [-0.3, -0.25) is 4.79 Å². The molecule has 0 amide bonds. The fourth-order valence-corrected chi connectivity index (χ4v) is 0.316. The largest absolute Gasteiger partial charge is 0.481 e. The monoisotopic (exact) mass is 134 g/mol. The minimum atomic E-state index is -0.956. The summed E-state index contributed by atoms with van der Waals surface area (Å²) in [4.78, 5) is 19.6. The minimum absolute atomic E-state index is 0.0694. The second-order valence-corrected chi connectivity index (χ2v) is 2.15. The van der Waals surface area contributed by atoms with Crippen LogP contribution in [-0.4, -0.2) is 23.0 Å². The van der Waals surface area contributed by atoms with Crippen molar-refractivity contribution in [1.82, 2.24) is 0 Å². The molecule has 0 aliphatic heterocycles. The van der Waals surface area contributed by atoms with Crippen LogP contribution in [0.25, 0.3) is 0 Å². The number of hydrogen-bond acceptors (Lipinski definition) is 2. The molecule has 0 aromatic carbocycles. The Morgan fingerprint density at radius 1 is 1.88 bits per heavy atom. The summed E-state index contributed by atoms with van der Waals surface area (Å²) < 4.78 is 0. The summed E-state index contributed by atoms with van der Waals surface area (Å²) in [5.41, 5.74) is -0.618. The normalized spacial score (nSPS) is 12.6. The minimum Gasteiger partial charge on any atom is -0.481 e. The Labute approximate surface area is 49.3 Å². The molecule has 46 valence electrons. The average Bonchev–Trinajstić information content (AvgIpc) is 1.67. The molecule has 2 atom stereocenters. The number of aliphatic carboxylic acids is 1. The fourth-order valence-electron chi connectivity index (χ4n) is 0.204. The highest BCUT2D eigenvalue weighted by molar-refractivity contribution is 7.19. The molecule has 0 saturated heterocycles. The lowest BCUT2D eigenvalue weighted by Crippen LogP contribution is -2.12. The third kappa shape index (κ3) is 2.69. The molecule has 4 heteroatoms. The van der Waals surface area contributed by atoms with Crippen LogP contribution in [-0.2, 0) is 9.59 Å². The molecule has 0 aliphatic carbocycles. The van der Waals surface area contributed by atoms with Gasteiger partial charge < -0.3 is 9.90 Å². The van der Waals surface area contributed by atoms with Gasteiger partial charge >= 0.3 is 5.97 Å². The van der Waals surface area contributed by atoms with Gasteiger partial charge in [0.05, 0.1) is 5.66 Å². The third-order valence-corrected chi connectivity index (χ3v) is 1.22. The average molecular weight is 134 g/mol. The quantitative estimate of drug-likeness (QED) is 0.433. The van der Waals surface area contributed by atoms with E-state index >= 15 is 0 Å². The summed E-state index contributed by atoms with van der Waals surface area (Å²) in [5, 5.41) is 8.13. The van der Waals surface area contributed by atoms with E-state index in [9.17, 15) is 9.59 Å². The Hall–Kier alpha value is -0.430. The number of rotatable bonds is 3. The lowest BCUT2D eigenvalue weighted by Gasteiger charge is -1.95. The van der Waals surface area contributed by atoms with Crippen molar-refractivity contribution in [3.63, 3.8) is 0 Å². The van der Waals surface area contributed by atoms with Crippen molar-refractivity contribution in [3.8, 4) is 0 Å². The zero-order chi connectivity index (χ0) is 6.57. The molecule has 1 N–H and O–H groups in total. The fraction of sp³-hybridized carbons (Fsp3) is 0.500. The van der Waals surface area contributed by atoms with Crippen LogP contribution < -0.4 is 0 Å². The van der Waals surface area contributed by atoms with E-state index in [1.165, 1.54) is 0 Å². The van der Waals surface area contributed by atoms with Crippen LogP contribution in [0.5, 0.6) is 0 Å². The molecule has 3 nitrogen and oxygen atoms in total. The first kappa shape index (κ1) is 7.57. The molecule has 0 saturated carbocycles. The molecule has 2 unspecified atom stereocenters. The summed E-state index contributed by atoms with van der Waals surface area (Å²) in [6, 6.07) is 0. The second kappa shape index (κ2) is 3.56. The predicted molar refractivity (Wildman–Crippen MR) is 31.8 cm³/mol. The molecule has 8 heavy (non-hydrogen) atoms. The SMILES string of the molecule is O=CCC(P)C(=O)O. The number of carboxylic acids is 1. The molecule has 0 fully saturated rings. The van der Waals surface area contributed by atoms with E-state index in [1.54, 1.807) is 0 Å². The van der Waals surface area contributed by atoms with E-state index in [4.69, 9.17) is 5.11 Å². The van der Waals surface area contributed by atoms with Gasteiger partial charge in [-0.25, -0.2) is 0 Å². The van der Waals surface area contributed by atoms with Crippen molar-refractivity contribution in [1.29, 1.82) is 0 Å². The van der Waals surface area contributed by atoms with Crippen molar-refractivity contribution in [2.45, 2.75) is 12.1 Å². The molecule has 0 rings (SSSR count). The lowest BCUT2D eigenvalue weighted by molar-refractivity contribution is -0.137. The van der Waals surface area contributed by atoms with E-state index in [0.717, 1.165) is 0 Å². The van der Waals surface area contributed by atoms with Gasteiger partial charge in [0.1, 0.15) is 6.29 Å². The summed E-state index contributed by atoms with van der Waals surface area (Å²) in [6.45, 7) is 0. The molecule has 0 aliphatic rings. The maximum Gasteiger partial charge on any atom is 0.310 e. The zero-order valence-corrected chi connectivity index (χ0v) is 5.36. The third-order valence-electron chi connectivity index (χ3n) is 0.667. The first-order chi connectivity index (χ1) is 3.68. The van der Waals surface area contributed by atoms with Crippen molar-refractivity contribution < 1.29 is 14.7 Å². The lowest BCUT2D eigenvalue weighted by atomic mass is 10.3. The number of carbonyl (C=O) groups is 2. The second-order valence-electron chi connectivity index (χ2n) is 1.35. The van der Waals surface area contributed by atoms with Crippen LogP contribution in [0.2, 0.25) is 0 Å². The van der Waals surface area contributed by atoms with Gasteiger partial charge in [0.25, 0.3) is 0 Å². The van der Waals surface area contributed by atoms with Gasteiger partial charge in [-0.2, -0.15) is 0 Å². The van der Waals surface area contributed by atoms with Gasteiger partial charge in [-0.15, -0.1) is 9.24 Å². The number of carboxylic acid groups (broad SMARTS) is 1. The summed E-state index contributed by atoms with van der Waals surface area (Å²) >= 11 is 0. The van der Waals surface area contributed by atoms with Gasteiger partial charge in [0, 0.05) is 6.42 Å². The molecule has 0 aromatic rings. The van der Waals surface area contributed by atoms with E-state index in [1.807, 2.05) is 0 Å². The van der Waals surface area contributed by atoms with Gasteiger partial charge in [0.2, 0.25) is 0 Å². The van der Waals surface area contributed by atoms with Gasteiger partial charge in [0.15, 0.2) is 0 Å². The highest BCUT2D eigenvalue weighted by Gasteiger charge is 2.08. The molecule has 0 heterocycles. The molecular formula is C4H7O3P. The molecule has 0 radical (unpaired) electrons. The van der Waals surface area contributed by atoms with Crippen LogP contribution in [0.3, 0.4) is 0 Å². The predicted octanol–water partition coefficient (Wildman–Crippen LogP) is -0.0963. The van der Waals surface area contributed by atoms with E-state index in [2.05, 4.69) is 9.24 Å². The van der Waals surface area contributed by atoms with Crippen LogP contribution in [0.15, 0.2) is 0 Å². The number of carbonyl (C=O) groups excluding carboxylic acids is 1. The van der Waals surface area contributed by atoms with Crippen molar-refractivity contribution >= 4 is 21.5 Å². The van der Waals surface area contributed by atoms with E-state index in [0.29, 0.717) is 6.29 Å². The molecule has 0 aromatic heterocycles. The highest BCUT2D eigenvalue weighted by Crippen LogP contribution is 2.01. The zero-order valence-electron chi connectivity index (χ0n) is 4.20. The standard InChI is InChI=1S/C4H7O3P/c5-2-1-3(8)4(6)7/h2-3H,1,8H2,(H,6,7).